The Morgan fingerprint density at radius 1 is 0.575 bits per heavy atom. The van der Waals surface area contributed by atoms with Crippen LogP contribution < -0.4 is 4.90 Å². The number of imide groups is 1. The smallest absolute Gasteiger partial charge is 0.308 e. The van der Waals surface area contributed by atoms with Gasteiger partial charge in [-0.1, -0.05) is 66.7 Å². The van der Waals surface area contributed by atoms with Gasteiger partial charge in [0.05, 0.1) is 39.1 Å². The molecule has 4 nitrogen and oxygen atoms in total. The molecule has 0 spiro atoms. The lowest BCUT2D eigenvalue weighted by molar-refractivity contribution is -0.137. The Kier molecular flexibility index (Phi) is 5.19. The van der Waals surface area contributed by atoms with Gasteiger partial charge < -0.3 is 4.57 Å². The highest BCUT2D eigenvalue weighted by atomic mass is 19.4. The van der Waals surface area contributed by atoms with Crippen molar-refractivity contribution in [3.63, 3.8) is 0 Å². The van der Waals surface area contributed by atoms with Gasteiger partial charge in [-0.25, -0.2) is 4.90 Å². The maximum atomic E-state index is 14.0. The molecule has 5 aromatic carbocycles. The van der Waals surface area contributed by atoms with Crippen LogP contribution in [0.5, 0.6) is 0 Å². The lowest BCUT2D eigenvalue weighted by atomic mass is 10.0. The molecular formula is C33H19F3N2O2. The molecule has 0 atom stereocenters. The highest BCUT2D eigenvalue weighted by Crippen LogP contribution is 2.40. The van der Waals surface area contributed by atoms with Crippen molar-refractivity contribution in [1.29, 1.82) is 0 Å². The van der Waals surface area contributed by atoms with E-state index in [0.717, 1.165) is 28.2 Å². The molecule has 0 aliphatic carbocycles. The van der Waals surface area contributed by atoms with Gasteiger partial charge in [-0.05, 0) is 59.7 Å². The molecular weight excluding hydrogens is 513 g/mol. The van der Waals surface area contributed by atoms with Gasteiger partial charge in [0.1, 0.15) is 0 Å². The maximum Gasteiger partial charge on any atom is 0.416 e. The summed E-state index contributed by atoms with van der Waals surface area (Å²) in [5.74, 6) is -0.939. The van der Waals surface area contributed by atoms with Crippen LogP contribution in [0.25, 0.3) is 38.6 Å². The standard InChI is InChI=1S/C33H19F3N2O2/c34-33(35,36)22-16-17-28-26(19-22)24-12-4-5-14-27(24)38(28)29-15-7-13-25-30(29)32(40)37(31(25)39)23-11-6-10-21(18-23)20-8-2-1-3-9-20/h1-19H. The Bertz CT molecular complexity index is 1990. The van der Waals surface area contributed by atoms with Gasteiger partial charge in [0.2, 0.25) is 0 Å². The average Bonchev–Trinajstić information content (AvgIpc) is 3.44. The first kappa shape index (κ1) is 23.9. The van der Waals surface area contributed by atoms with Crippen LogP contribution in [0.4, 0.5) is 18.9 Å². The topological polar surface area (TPSA) is 42.3 Å². The molecule has 0 saturated carbocycles. The summed E-state index contributed by atoms with van der Waals surface area (Å²) in [6, 6.07) is 32.6. The molecule has 0 saturated heterocycles. The van der Waals surface area contributed by atoms with Crippen LogP contribution in [-0.2, 0) is 6.18 Å². The predicted octanol–water partition coefficient (Wildman–Crippen LogP) is 8.27. The van der Waals surface area contributed by atoms with Crippen molar-refractivity contribution in [3.05, 3.63) is 132 Å². The number of carbonyl (C=O) groups excluding carboxylic acids is 2. The van der Waals surface area contributed by atoms with Gasteiger partial charge in [0, 0.05) is 10.8 Å². The molecule has 40 heavy (non-hydrogen) atoms. The molecule has 0 bridgehead atoms. The molecule has 6 aromatic rings. The molecule has 1 aromatic heterocycles. The normalized spacial score (nSPS) is 13.4. The summed E-state index contributed by atoms with van der Waals surface area (Å²) in [5.41, 5.74) is 3.52. The van der Waals surface area contributed by atoms with Crippen molar-refractivity contribution < 1.29 is 22.8 Å². The summed E-state index contributed by atoms with van der Waals surface area (Å²) in [5, 5.41) is 1.03. The third kappa shape index (κ3) is 3.55. The fourth-order valence-electron chi connectivity index (χ4n) is 5.55. The summed E-state index contributed by atoms with van der Waals surface area (Å²) in [4.78, 5) is 28.8. The number of hydrogen-bond acceptors (Lipinski definition) is 2. The van der Waals surface area contributed by atoms with Gasteiger partial charge >= 0.3 is 6.18 Å². The van der Waals surface area contributed by atoms with Crippen LogP contribution in [0.15, 0.2) is 115 Å². The zero-order chi connectivity index (χ0) is 27.6. The molecule has 1 aliphatic rings. The van der Waals surface area contributed by atoms with Crippen LogP contribution in [-0.4, -0.2) is 16.4 Å². The van der Waals surface area contributed by atoms with Crippen LogP contribution in [0.2, 0.25) is 0 Å². The van der Waals surface area contributed by atoms with Crippen molar-refractivity contribution >= 4 is 39.3 Å². The van der Waals surface area contributed by atoms with Crippen LogP contribution in [0.3, 0.4) is 0 Å². The van der Waals surface area contributed by atoms with E-state index in [0.29, 0.717) is 33.2 Å². The largest absolute Gasteiger partial charge is 0.416 e. The number of carbonyl (C=O) groups is 2. The van der Waals surface area contributed by atoms with Crippen molar-refractivity contribution in [3.8, 4) is 16.8 Å². The number of anilines is 1. The van der Waals surface area contributed by atoms with E-state index in [1.54, 1.807) is 65.2 Å². The lowest BCUT2D eigenvalue weighted by Gasteiger charge is -2.16. The van der Waals surface area contributed by atoms with E-state index in [9.17, 15) is 22.8 Å². The van der Waals surface area contributed by atoms with Crippen molar-refractivity contribution in [2.75, 3.05) is 4.90 Å². The zero-order valence-electron chi connectivity index (χ0n) is 20.8. The van der Waals surface area contributed by atoms with E-state index in [1.165, 1.54) is 6.07 Å². The molecule has 0 N–H and O–H groups in total. The van der Waals surface area contributed by atoms with Crippen LogP contribution in [0.1, 0.15) is 26.3 Å². The molecule has 7 heteroatoms. The minimum Gasteiger partial charge on any atom is -0.308 e. The van der Waals surface area contributed by atoms with Gasteiger partial charge in [-0.15, -0.1) is 0 Å². The summed E-state index contributed by atoms with van der Waals surface area (Å²) in [6.45, 7) is 0. The highest BCUT2D eigenvalue weighted by molar-refractivity contribution is 6.35. The molecule has 0 radical (unpaired) electrons. The van der Waals surface area contributed by atoms with E-state index in [-0.39, 0.29) is 11.1 Å². The second kappa shape index (κ2) is 8.68. The third-order valence-corrected chi connectivity index (χ3v) is 7.35. The summed E-state index contributed by atoms with van der Waals surface area (Å²) in [7, 11) is 0. The minimum absolute atomic E-state index is 0.208. The first-order valence-electron chi connectivity index (χ1n) is 12.6. The molecule has 7 rings (SSSR count). The molecule has 0 fully saturated rings. The first-order chi connectivity index (χ1) is 19.3. The van der Waals surface area contributed by atoms with E-state index in [2.05, 4.69) is 0 Å². The number of para-hydroxylation sites is 1. The Balaban J connectivity index is 1.41. The quantitative estimate of drug-likeness (QED) is 0.215. The second-order valence-electron chi connectivity index (χ2n) is 9.64. The van der Waals surface area contributed by atoms with E-state index in [1.807, 2.05) is 36.4 Å². The Hall–Kier alpha value is -5.17. The van der Waals surface area contributed by atoms with Crippen molar-refractivity contribution in [1.82, 2.24) is 4.57 Å². The number of nitrogens with zero attached hydrogens (tertiary/aromatic N) is 2. The van der Waals surface area contributed by atoms with Crippen LogP contribution >= 0.6 is 0 Å². The molecule has 0 unspecified atom stereocenters. The number of aromatic nitrogens is 1. The van der Waals surface area contributed by atoms with Crippen molar-refractivity contribution in [2.24, 2.45) is 0 Å². The Morgan fingerprint density at radius 3 is 2.08 bits per heavy atom. The molecule has 2 amide bonds. The zero-order valence-corrected chi connectivity index (χ0v) is 20.8. The lowest BCUT2D eigenvalue weighted by Crippen LogP contribution is -2.29. The van der Waals surface area contributed by atoms with Crippen molar-refractivity contribution in [2.45, 2.75) is 6.18 Å². The Labute approximate surface area is 226 Å². The SMILES string of the molecule is O=C1c2cccc(-n3c4ccccc4c4cc(C(F)(F)F)ccc43)c2C(=O)N1c1cccc(-c2ccccc2)c1. The van der Waals surface area contributed by atoms with Gasteiger partial charge in [-0.3, -0.25) is 9.59 Å². The van der Waals surface area contributed by atoms with E-state index < -0.39 is 23.6 Å². The van der Waals surface area contributed by atoms with E-state index >= 15 is 0 Å². The monoisotopic (exact) mass is 532 g/mol. The first-order valence-corrected chi connectivity index (χ1v) is 12.6. The number of hydrogen-bond donors (Lipinski definition) is 0. The van der Waals surface area contributed by atoms with Gasteiger partial charge in [0.25, 0.3) is 11.8 Å². The van der Waals surface area contributed by atoms with Gasteiger partial charge in [0.15, 0.2) is 0 Å². The average molecular weight is 533 g/mol. The molecule has 194 valence electrons. The summed E-state index contributed by atoms with van der Waals surface area (Å²) >= 11 is 0. The fourth-order valence-corrected chi connectivity index (χ4v) is 5.55. The fraction of sp³-hybridized carbons (Fsp3) is 0.0303. The van der Waals surface area contributed by atoms with Crippen LogP contribution in [0, 0.1) is 0 Å². The number of benzene rings is 5. The second-order valence-corrected chi connectivity index (χ2v) is 9.64. The highest BCUT2D eigenvalue weighted by Gasteiger charge is 2.39. The predicted molar refractivity (Wildman–Crippen MR) is 149 cm³/mol. The number of amides is 2. The number of halogens is 3. The molecule has 1 aliphatic heterocycles. The molecule has 2 heterocycles. The number of fused-ring (bicyclic) bond motifs is 4. The van der Waals surface area contributed by atoms with E-state index in [4.69, 9.17) is 0 Å². The summed E-state index contributed by atoms with van der Waals surface area (Å²) in [6.07, 6.45) is -4.50. The third-order valence-electron chi connectivity index (χ3n) is 7.35. The number of alkyl halides is 3. The minimum atomic E-state index is -4.50. The number of rotatable bonds is 3. The summed E-state index contributed by atoms with van der Waals surface area (Å²) < 4.78 is 42.5. The van der Waals surface area contributed by atoms with Gasteiger partial charge in [-0.2, -0.15) is 13.2 Å². The maximum absolute atomic E-state index is 14.0. The Morgan fingerprint density at radius 2 is 1.27 bits per heavy atom.